The number of amides is 1. The summed E-state index contributed by atoms with van der Waals surface area (Å²) in [6, 6.07) is 11.5. The van der Waals surface area contributed by atoms with Gasteiger partial charge >= 0.3 is 6.18 Å². The van der Waals surface area contributed by atoms with E-state index in [1.165, 1.54) is 6.42 Å². The number of piperidine rings is 2. The van der Waals surface area contributed by atoms with Crippen LogP contribution in [-0.2, 0) is 0 Å². The zero-order valence-electron chi connectivity index (χ0n) is 22.7. The average Bonchev–Trinajstić information content (AvgIpc) is 2.97. The second-order valence-electron chi connectivity index (χ2n) is 11.7. The lowest BCUT2D eigenvalue weighted by atomic mass is 9.72. The van der Waals surface area contributed by atoms with Crippen LogP contribution in [0.15, 0.2) is 42.6 Å². The van der Waals surface area contributed by atoms with Crippen LogP contribution in [0.25, 0.3) is 11.1 Å². The molecule has 0 unspecified atom stereocenters. The van der Waals surface area contributed by atoms with Gasteiger partial charge in [0.2, 0.25) is 5.88 Å². The molecule has 5 rings (SSSR count). The van der Waals surface area contributed by atoms with Crippen LogP contribution in [0.2, 0.25) is 0 Å². The molecule has 3 fully saturated rings. The third-order valence-corrected chi connectivity index (χ3v) is 8.96. The summed E-state index contributed by atoms with van der Waals surface area (Å²) in [5.41, 5.74) is 1.13. The van der Waals surface area contributed by atoms with Gasteiger partial charge in [-0.2, -0.15) is 13.2 Å². The maximum absolute atomic E-state index is 13.9. The van der Waals surface area contributed by atoms with Crippen LogP contribution in [-0.4, -0.2) is 66.2 Å². The maximum atomic E-state index is 13.9. The molecule has 0 bridgehead atoms. The van der Waals surface area contributed by atoms with E-state index in [1.54, 1.807) is 6.20 Å². The van der Waals surface area contributed by atoms with Crippen molar-refractivity contribution in [3.05, 3.63) is 48.2 Å². The van der Waals surface area contributed by atoms with Gasteiger partial charge in [-0.15, -0.1) is 0 Å². The first-order valence-electron chi connectivity index (χ1n) is 14.6. The van der Waals surface area contributed by atoms with Crippen LogP contribution in [0.1, 0.15) is 74.6 Å². The van der Waals surface area contributed by atoms with Crippen molar-refractivity contribution < 1.29 is 22.7 Å². The molecule has 2 aromatic rings. The molecule has 0 atom stereocenters. The summed E-state index contributed by atoms with van der Waals surface area (Å²) in [5.74, 6) is 0.972. The van der Waals surface area contributed by atoms with Crippen LogP contribution < -0.4 is 4.74 Å². The Morgan fingerprint density at radius 2 is 1.51 bits per heavy atom. The summed E-state index contributed by atoms with van der Waals surface area (Å²) in [6.45, 7) is 3.72. The molecule has 3 aliphatic rings. The second kappa shape index (κ2) is 12.3. The Morgan fingerprint density at radius 1 is 0.872 bits per heavy atom. The summed E-state index contributed by atoms with van der Waals surface area (Å²) < 4.78 is 47.7. The van der Waals surface area contributed by atoms with E-state index in [2.05, 4.69) is 4.98 Å². The first kappa shape index (κ1) is 27.9. The molecule has 2 saturated heterocycles. The number of nitrogens with zero attached hydrogens (tertiary/aromatic N) is 3. The number of carbonyl (C=O) groups is 1. The predicted molar refractivity (Wildman–Crippen MR) is 146 cm³/mol. The van der Waals surface area contributed by atoms with Gasteiger partial charge in [-0.05, 0) is 87.7 Å². The van der Waals surface area contributed by atoms with Crippen molar-refractivity contribution >= 4 is 5.91 Å². The lowest BCUT2D eigenvalue weighted by Crippen LogP contribution is -2.50. The molecule has 0 spiro atoms. The summed E-state index contributed by atoms with van der Waals surface area (Å²) in [5, 5.41) is 0. The number of benzene rings is 1. The zero-order valence-corrected chi connectivity index (χ0v) is 22.7. The standard InChI is InChI=1S/C31H40F3N3O2/c32-31(33,34)30(15-3-1-4-16-30)23-36-19-13-24(14-20-36)22-39-28-12-11-27(21-35-28)25-7-9-26(10-8-25)29(38)37-17-5-2-6-18-37/h7-12,21,24H,1-6,13-20,22-23H2. The molecular weight excluding hydrogens is 503 g/mol. The molecule has 1 amide bonds. The summed E-state index contributed by atoms with van der Waals surface area (Å²) >= 11 is 0. The minimum Gasteiger partial charge on any atom is -0.477 e. The Hall–Kier alpha value is -2.61. The Balaban J connectivity index is 1.08. The van der Waals surface area contributed by atoms with Gasteiger partial charge in [0.05, 0.1) is 12.0 Å². The number of alkyl halides is 3. The highest BCUT2D eigenvalue weighted by atomic mass is 19.4. The number of likely N-dealkylation sites (tertiary alicyclic amines) is 2. The quantitative estimate of drug-likeness (QED) is 0.378. The summed E-state index contributed by atoms with van der Waals surface area (Å²) in [6.07, 6.45) is 5.49. The van der Waals surface area contributed by atoms with Crippen molar-refractivity contribution in [2.75, 3.05) is 39.3 Å². The lowest BCUT2D eigenvalue weighted by molar-refractivity contribution is -0.240. The summed E-state index contributed by atoms with van der Waals surface area (Å²) in [4.78, 5) is 21.1. The number of hydrogen-bond donors (Lipinski definition) is 0. The Kier molecular flexibility index (Phi) is 8.79. The Morgan fingerprint density at radius 3 is 2.13 bits per heavy atom. The van der Waals surface area contributed by atoms with Crippen molar-refractivity contribution in [2.45, 2.75) is 70.4 Å². The van der Waals surface area contributed by atoms with Crippen LogP contribution in [0, 0.1) is 11.3 Å². The predicted octanol–water partition coefficient (Wildman–Crippen LogP) is 6.98. The van der Waals surface area contributed by atoms with Gasteiger partial charge < -0.3 is 14.5 Å². The second-order valence-corrected chi connectivity index (χ2v) is 11.7. The molecule has 8 heteroatoms. The maximum Gasteiger partial charge on any atom is 0.395 e. The Labute approximate surface area is 229 Å². The smallest absolute Gasteiger partial charge is 0.395 e. The number of hydrogen-bond acceptors (Lipinski definition) is 4. The van der Waals surface area contributed by atoms with E-state index in [1.807, 2.05) is 46.2 Å². The van der Waals surface area contributed by atoms with E-state index in [4.69, 9.17) is 4.74 Å². The summed E-state index contributed by atoms with van der Waals surface area (Å²) in [7, 11) is 0. The van der Waals surface area contributed by atoms with E-state index in [9.17, 15) is 18.0 Å². The molecule has 39 heavy (non-hydrogen) atoms. The van der Waals surface area contributed by atoms with Crippen LogP contribution in [0.3, 0.4) is 0 Å². The number of rotatable bonds is 7. The monoisotopic (exact) mass is 543 g/mol. The number of aromatic nitrogens is 1. The van der Waals surface area contributed by atoms with Gasteiger partial charge in [0, 0.05) is 43.0 Å². The highest BCUT2D eigenvalue weighted by Crippen LogP contribution is 2.49. The average molecular weight is 544 g/mol. The van der Waals surface area contributed by atoms with Crippen molar-refractivity contribution in [3.63, 3.8) is 0 Å². The van der Waals surface area contributed by atoms with Gasteiger partial charge in [0.1, 0.15) is 0 Å². The highest BCUT2D eigenvalue weighted by Gasteiger charge is 2.55. The normalized spacial score (nSPS) is 21.1. The highest BCUT2D eigenvalue weighted by molar-refractivity contribution is 5.94. The molecule has 1 saturated carbocycles. The van der Waals surface area contributed by atoms with E-state index < -0.39 is 11.6 Å². The first-order valence-corrected chi connectivity index (χ1v) is 14.6. The topological polar surface area (TPSA) is 45.7 Å². The largest absolute Gasteiger partial charge is 0.477 e. The SMILES string of the molecule is O=C(c1ccc(-c2ccc(OCC3CCN(CC4(C(F)(F)F)CCCCC4)CC3)nc2)cc1)N1CCCCC1. The van der Waals surface area contributed by atoms with Gasteiger partial charge in [0.25, 0.3) is 5.91 Å². The minimum atomic E-state index is -4.13. The van der Waals surface area contributed by atoms with Crippen molar-refractivity contribution in [3.8, 4) is 17.0 Å². The number of carbonyl (C=O) groups excluding carboxylic acids is 1. The molecular formula is C31H40F3N3O2. The fraction of sp³-hybridized carbons (Fsp3) is 0.613. The van der Waals surface area contributed by atoms with Gasteiger partial charge in [0.15, 0.2) is 0 Å². The Bertz CT molecular complexity index is 1070. The lowest BCUT2D eigenvalue weighted by Gasteiger charge is -2.44. The third kappa shape index (κ3) is 6.76. The van der Waals surface area contributed by atoms with E-state index >= 15 is 0 Å². The molecule has 5 nitrogen and oxygen atoms in total. The molecule has 0 N–H and O–H groups in total. The van der Waals surface area contributed by atoms with Gasteiger partial charge in [-0.3, -0.25) is 4.79 Å². The molecule has 1 aromatic heterocycles. The molecule has 3 heterocycles. The fourth-order valence-corrected chi connectivity index (χ4v) is 6.42. The number of ether oxygens (including phenoxy) is 1. The van der Waals surface area contributed by atoms with Gasteiger partial charge in [-0.1, -0.05) is 31.4 Å². The fourth-order valence-electron chi connectivity index (χ4n) is 6.42. The molecule has 212 valence electrons. The zero-order chi connectivity index (χ0) is 27.3. The first-order chi connectivity index (χ1) is 18.8. The van der Waals surface area contributed by atoms with Crippen molar-refractivity contribution in [2.24, 2.45) is 11.3 Å². The van der Waals surface area contributed by atoms with Crippen LogP contribution in [0.5, 0.6) is 5.88 Å². The van der Waals surface area contributed by atoms with Crippen LogP contribution >= 0.6 is 0 Å². The third-order valence-electron chi connectivity index (χ3n) is 8.96. The van der Waals surface area contributed by atoms with Gasteiger partial charge in [-0.25, -0.2) is 4.98 Å². The molecule has 2 aliphatic heterocycles. The molecule has 1 aliphatic carbocycles. The molecule has 1 aromatic carbocycles. The number of halogens is 3. The molecule has 0 radical (unpaired) electrons. The van der Waals surface area contributed by atoms with E-state index in [0.717, 1.165) is 56.3 Å². The van der Waals surface area contributed by atoms with Crippen molar-refractivity contribution in [1.82, 2.24) is 14.8 Å². The van der Waals surface area contributed by atoms with Crippen LogP contribution in [0.4, 0.5) is 13.2 Å². The number of pyridine rings is 1. The van der Waals surface area contributed by atoms with Crippen molar-refractivity contribution in [1.29, 1.82) is 0 Å². The van der Waals surface area contributed by atoms with E-state index in [-0.39, 0.29) is 25.3 Å². The minimum absolute atomic E-state index is 0.0998. The van der Waals surface area contributed by atoms with E-state index in [0.29, 0.717) is 49.9 Å².